The summed E-state index contributed by atoms with van der Waals surface area (Å²) in [6.45, 7) is 9.11. The predicted octanol–water partition coefficient (Wildman–Crippen LogP) is 3.27. The maximum Gasteiger partial charge on any atom is 0.462 e. The van der Waals surface area contributed by atoms with Gasteiger partial charge in [-0.2, -0.15) is 0 Å². The van der Waals surface area contributed by atoms with E-state index in [4.69, 9.17) is 5.73 Å². The van der Waals surface area contributed by atoms with Gasteiger partial charge in [-0.15, -0.1) is 0 Å². The van der Waals surface area contributed by atoms with Gasteiger partial charge < -0.3 is 5.73 Å². The van der Waals surface area contributed by atoms with Crippen molar-refractivity contribution in [3.63, 3.8) is 0 Å². The third-order valence-corrected chi connectivity index (χ3v) is 4.75. The third-order valence-electron chi connectivity index (χ3n) is 3.98. The van der Waals surface area contributed by atoms with Crippen LogP contribution < -0.4 is 5.73 Å². The van der Waals surface area contributed by atoms with E-state index < -0.39 is 0 Å². The molecule has 0 bridgehead atoms. The molecule has 1 aromatic carbocycles. The van der Waals surface area contributed by atoms with Gasteiger partial charge in [-0.25, -0.2) is 0 Å². The lowest BCUT2D eigenvalue weighted by Gasteiger charge is -2.18. The molecule has 0 aromatic heterocycles. The summed E-state index contributed by atoms with van der Waals surface area (Å²) in [4.78, 5) is 0. The van der Waals surface area contributed by atoms with Crippen LogP contribution in [0.4, 0.5) is 0 Å². The van der Waals surface area contributed by atoms with Crippen molar-refractivity contribution >= 4 is 11.7 Å². The summed E-state index contributed by atoms with van der Waals surface area (Å²) in [5.74, 6) is 0.380. The van der Waals surface area contributed by atoms with Gasteiger partial charge in [0.15, 0.2) is 0 Å². The molecule has 0 aliphatic carbocycles. The van der Waals surface area contributed by atoms with Crippen LogP contribution in [-0.4, -0.2) is 5.25 Å². The van der Waals surface area contributed by atoms with Crippen LogP contribution in [0.1, 0.15) is 49.9 Å². The van der Waals surface area contributed by atoms with Gasteiger partial charge in [0.1, 0.15) is 0 Å². The first-order chi connectivity index (χ1) is 9.07. The Morgan fingerprint density at radius 3 is 2.26 bits per heavy atom. The minimum Gasteiger partial charge on any atom is -0.326 e. The Kier molecular flexibility index (Phi) is 6.59. The van der Waals surface area contributed by atoms with Gasteiger partial charge in [0, 0.05) is 16.7 Å². The smallest absolute Gasteiger partial charge is 0.326 e. The lowest BCUT2D eigenvalue weighted by atomic mass is 9.88. The average molecular weight is 280 g/mol. The molecule has 0 heterocycles. The monoisotopic (exact) mass is 280 g/mol. The Morgan fingerprint density at radius 2 is 1.79 bits per heavy atom. The molecule has 2 atom stereocenters. The SMILES string of the molecule is CCc1cc(CC)c(CC(C)C(C)[S+]=O)c(CN)c1. The van der Waals surface area contributed by atoms with Crippen molar-refractivity contribution in [2.45, 2.75) is 58.8 Å². The van der Waals surface area contributed by atoms with Crippen LogP contribution in [0.3, 0.4) is 0 Å². The number of rotatable bonds is 7. The summed E-state index contributed by atoms with van der Waals surface area (Å²) in [5.41, 5.74) is 11.3. The zero-order valence-corrected chi connectivity index (χ0v) is 13.3. The van der Waals surface area contributed by atoms with Gasteiger partial charge in [-0.1, -0.05) is 32.9 Å². The zero-order chi connectivity index (χ0) is 14.4. The van der Waals surface area contributed by atoms with Crippen molar-refractivity contribution in [2.75, 3.05) is 0 Å². The van der Waals surface area contributed by atoms with E-state index in [1.165, 1.54) is 22.3 Å². The molecule has 0 saturated heterocycles. The molecule has 2 unspecified atom stereocenters. The minimum atomic E-state index is 0.140. The highest BCUT2D eigenvalue weighted by molar-refractivity contribution is 7.66. The van der Waals surface area contributed by atoms with Gasteiger partial charge >= 0.3 is 11.7 Å². The topological polar surface area (TPSA) is 43.1 Å². The molecule has 19 heavy (non-hydrogen) atoms. The zero-order valence-electron chi connectivity index (χ0n) is 12.5. The molecule has 106 valence electrons. The fourth-order valence-corrected chi connectivity index (χ4v) is 2.70. The minimum absolute atomic E-state index is 0.140. The van der Waals surface area contributed by atoms with Crippen LogP contribution in [0.25, 0.3) is 0 Å². The van der Waals surface area contributed by atoms with E-state index in [1.54, 1.807) is 0 Å². The van der Waals surface area contributed by atoms with Crippen LogP contribution in [0.2, 0.25) is 0 Å². The molecule has 0 amide bonds. The molecular formula is C16H26NOS+. The quantitative estimate of drug-likeness (QED) is 0.779. The lowest BCUT2D eigenvalue weighted by molar-refractivity contribution is 0.541. The van der Waals surface area contributed by atoms with E-state index in [-0.39, 0.29) is 5.25 Å². The van der Waals surface area contributed by atoms with Crippen molar-refractivity contribution in [2.24, 2.45) is 11.7 Å². The second kappa shape index (κ2) is 7.71. The number of aryl methyl sites for hydroxylation is 2. The predicted molar refractivity (Wildman–Crippen MR) is 83.5 cm³/mol. The van der Waals surface area contributed by atoms with Crippen LogP contribution in [0, 0.1) is 5.92 Å². The van der Waals surface area contributed by atoms with Gasteiger partial charge in [-0.05, 0) is 48.4 Å². The van der Waals surface area contributed by atoms with Gasteiger partial charge in [0.2, 0.25) is 5.25 Å². The van der Waals surface area contributed by atoms with Crippen molar-refractivity contribution < 1.29 is 4.21 Å². The first-order valence-corrected chi connectivity index (χ1v) is 7.99. The number of hydrogen-bond donors (Lipinski definition) is 1. The first-order valence-electron chi connectivity index (χ1n) is 7.19. The molecule has 2 N–H and O–H groups in total. The summed E-state index contributed by atoms with van der Waals surface area (Å²) in [6, 6.07) is 4.53. The van der Waals surface area contributed by atoms with Crippen LogP contribution in [0.15, 0.2) is 12.1 Å². The van der Waals surface area contributed by atoms with Crippen molar-refractivity contribution in [1.82, 2.24) is 0 Å². The molecule has 3 heteroatoms. The number of benzene rings is 1. The van der Waals surface area contributed by atoms with Crippen molar-refractivity contribution in [3.8, 4) is 0 Å². The van der Waals surface area contributed by atoms with E-state index in [2.05, 4.69) is 32.9 Å². The molecule has 0 aliphatic rings. The van der Waals surface area contributed by atoms with E-state index in [0.29, 0.717) is 24.1 Å². The summed E-state index contributed by atoms with van der Waals surface area (Å²) >= 11 is 0.705. The summed E-state index contributed by atoms with van der Waals surface area (Å²) in [6.07, 6.45) is 3.03. The van der Waals surface area contributed by atoms with Gasteiger partial charge in [0.25, 0.3) is 0 Å². The van der Waals surface area contributed by atoms with E-state index in [0.717, 1.165) is 19.3 Å². The Balaban J connectivity index is 3.13. The molecular weight excluding hydrogens is 254 g/mol. The maximum absolute atomic E-state index is 11.0. The molecule has 0 spiro atoms. The maximum atomic E-state index is 11.0. The molecule has 0 fully saturated rings. The molecule has 1 aromatic rings. The van der Waals surface area contributed by atoms with Gasteiger partial charge in [-0.3, -0.25) is 0 Å². The molecule has 0 aliphatic heterocycles. The van der Waals surface area contributed by atoms with Crippen LogP contribution in [-0.2, 0) is 41.7 Å². The van der Waals surface area contributed by atoms with Crippen molar-refractivity contribution in [3.05, 3.63) is 34.4 Å². The highest BCUT2D eigenvalue weighted by Crippen LogP contribution is 2.24. The highest BCUT2D eigenvalue weighted by Gasteiger charge is 2.25. The summed E-state index contributed by atoms with van der Waals surface area (Å²) in [7, 11) is 0. The van der Waals surface area contributed by atoms with E-state index >= 15 is 0 Å². The Morgan fingerprint density at radius 1 is 1.16 bits per heavy atom. The highest BCUT2D eigenvalue weighted by atomic mass is 32.1. The van der Waals surface area contributed by atoms with Crippen LogP contribution >= 0.6 is 0 Å². The van der Waals surface area contributed by atoms with Crippen molar-refractivity contribution in [1.29, 1.82) is 0 Å². The molecule has 0 radical (unpaired) electrons. The molecule has 1 rings (SSSR count). The van der Waals surface area contributed by atoms with E-state index in [1.807, 2.05) is 6.92 Å². The largest absolute Gasteiger partial charge is 0.462 e. The van der Waals surface area contributed by atoms with E-state index in [9.17, 15) is 4.21 Å². The summed E-state index contributed by atoms with van der Waals surface area (Å²) < 4.78 is 11.0. The van der Waals surface area contributed by atoms with Gasteiger partial charge in [0.05, 0.1) is 0 Å². The number of hydrogen-bond acceptors (Lipinski definition) is 2. The Labute approximate surface area is 121 Å². The Bertz CT molecular complexity index is 406. The number of nitrogens with two attached hydrogens (primary N) is 1. The third kappa shape index (κ3) is 4.08. The normalized spacial score (nSPS) is 14.2. The first kappa shape index (κ1) is 16.3. The summed E-state index contributed by atoms with van der Waals surface area (Å²) in [5, 5.41) is 0.140. The average Bonchev–Trinajstić information content (AvgIpc) is 2.45. The second-order valence-electron chi connectivity index (χ2n) is 5.29. The fraction of sp³-hybridized carbons (Fsp3) is 0.625. The Hall–Kier alpha value is -0.800. The van der Waals surface area contributed by atoms with Crippen LogP contribution in [0.5, 0.6) is 0 Å². The molecule has 0 saturated carbocycles. The fourth-order valence-electron chi connectivity index (χ4n) is 2.42. The second-order valence-corrected chi connectivity index (χ2v) is 6.22. The standard InChI is InChI=1S/C16H26NOS/c1-5-13-8-14(6-2)16(15(9-13)10-17)7-11(3)12(4)19-18/h8-9,11-12H,5-7,10,17H2,1-4H3/q+1. The molecule has 2 nitrogen and oxygen atoms in total. The lowest BCUT2D eigenvalue weighted by Crippen LogP contribution is -2.18.